The van der Waals surface area contributed by atoms with Crippen LogP contribution in [0.2, 0.25) is 0 Å². The van der Waals surface area contributed by atoms with Crippen LogP contribution in [-0.2, 0) is 9.53 Å². The second kappa shape index (κ2) is 8.83. The Morgan fingerprint density at radius 2 is 2.00 bits per heavy atom. The number of hydrogen-bond acceptors (Lipinski definition) is 4. The molecule has 1 aromatic carbocycles. The Morgan fingerprint density at radius 3 is 2.56 bits per heavy atom. The zero-order valence-corrected chi connectivity index (χ0v) is 15.8. The van der Waals surface area contributed by atoms with Crippen molar-refractivity contribution in [1.29, 1.82) is 0 Å². The van der Waals surface area contributed by atoms with Crippen molar-refractivity contribution in [3.8, 4) is 5.75 Å². The summed E-state index contributed by atoms with van der Waals surface area (Å²) in [5, 5.41) is 2.88. The minimum Gasteiger partial charge on any atom is -0.494 e. The zero-order chi connectivity index (χ0) is 17.8. The lowest BCUT2D eigenvalue weighted by molar-refractivity contribution is -0.170. The van der Waals surface area contributed by atoms with Crippen LogP contribution in [0.25, 0.3) is 0 Å². The van der Waals surface area contributed by atoms with Gasteiger partial charge in [-0.3, -0.25) is 4.79 Å². The van der Waals surface area contributed by atoms with Gasteiger partial charge in [-0.05, 0) is 37.6 Å². The average Bonchev–Trinajstić information content (AvgIpc) is 2.55. The highest BCUT2D eigenvalue weighted by Gasteiger charge is 2.62. The molecule has 142 valence electrons. The number of rotatable bonds is 8. The number of amides is 1. The number of nitrogens with two attached hydrogens (primary N) is 1. The van der Waals surface area contributed by atoms with Crippen molar-refractivity contribution >= 4 is 18.3 Å². The molecule has 0 heterocycles. The summed E-state index contributed by atoms with van der Waals surface area (Å²) in [6, 6.07) is 5.85. The number of benzene rings is 1. The van der Waals surface area contributed by atoms with E-state index in [1.807, 2.05) is 20.8 Å². The van der Waals surface area contributed by atoms with Crippen molar-refractivity contribution in [2.75, 3.05) is 19.8 Å². The molecule has 1 amide bonds. The predicted octanol–water partition coefficient (Wildman–Crippen LogP) is 2.67. The van der Waals surface area contributed by atoms with Gasteiger partial charge in [0.05, 0.1) is 12.7 Å². The first kappa shape index (κ1) is 21.7. The molecule has 25 heavy (non-hydrogen) atoms. The first-order chi connectivity index (χ1) is 11.3. The number of halogens is 2. The lowest BCUT2D eigenvalue weighted by atomic mass is 9.54. The standard InChI is InChI=1S/C18H27FN2O3.ClH/c1-4-23-15-12-18(20,17(15,2)3)16(22)21-10-5-11-24-14-8-6-13(19)7-9-14;/h6-9,15H,4-5,10-12,20H2,1-3H3,(H,21,22);1H. The molecular formula is C18H28ClFN2O3. The van der Waals surface area contributed by atoms with Gasteiger partial charge >= 0.3 is 0 Å². The van der Waals surface area contributed by atoms with Crippen LogP contribution in [0.5, 0.6) is 5.75 Å². The highest BCUT2D eigenvalue weighted by atomic mass is 35.5. The van der Waals surface area contributed by atoms with Gasteiger partial charge in [-0.25, -0.2) is 4.39 Å². The Balaban J connectivity index is 0.00000312. The summed E-state index contributed by atoms with van der Waals surface area (Å²) in [5.41, 5.74) is 5.02. The van der Waals surface area contributed by atoms with Crippen LogP contribution >= 0.6 is 12.4 Å². The first-order valence-electron chi connectivity index (χ1n) is 8.38. The molecule has 1 aromatic rings. The molecule has 0 aromatic heterocycles. The predicted molar refractivity (Wildman–Crippen MR) is 97.5 cm³/mol. The highest BCUT2D eigenvalue weighted by molar-refractivity contribution is 5.88. The van der Waals surface area contributed by atoms with E-state index in [0.29, 0.717) is 38.3 Å². The van der Waals surface area contributed by atoms with Gasteiger partial charge in [0.15, 0.2) is 0 Å². The van der Waals surface area contributed by atoms with Crippen LogP contribution in [0.15, 0.2) is 24.3 Å². The van der Waals surface area contributed by atoms with Crippen molar-refractivity contribution in [2.24, 2.45) is 11.1 Å². The van der Waals surface area contributed by atoms with E-state index in [1.54, 1.807) is 12.1 Å². The largest absolute Gasteiger partial charge is 0.494 e. The topological polar surface area (TPSA) is 73.6 Å². The molecule has 1 aliphatic carbocycles. The van der Waals surface area contributed by atoms with Gasteiger partial charge < -0.3 is 20.5 Å². The van der Waals surface area contributed by atoms with Crippen molar-refractivity contribution in [3.05, 3.63) is 30.1 Å². The van der Waals surface area contributed by atoms with Gasteiger partial charge in [0.2, 0.25) is 5.91 Å². The molecule has 1 fully saturated rings. The maximum atomic E-state index is 12.8. The number of hydrogen-bond donors (Lipinski definition) is 2. The first-order valence-corrected chi connectivity index (χ1v) is 8.38. The van der Waals surface area contributed by atoms with Crippen LogP contribution in [0.4, 0.5) is 4.39 Å². The van der Waals surface area contributed by atoms with E-state index in [2.05, 4.69) is 5.32 Å². The smallest absolute Gasteiger partial charge is 0.240 e. The van der Waals surface area contributed by atoms with Gasteiger partial charge in [-0.1, -0.05) is 13.8 Å². The molecule has 2 rings (SSSR count). The minimum atomic E-state index is -0.898. The third-order valence-electron chi connectivity index (χ3n) is 4.92. The zero-order valence-electron chi connectivity index (χ0n) is 15.0. The van der Waals surface area contributed by atoms with E-state index in [4.69, 9.17) is 15.2 Å². The van der Waals surface area contributed by atoms with Crippen molar-refractivity contribution in [1.82, 2.24) is 5.32 Å². The van der Waals surface area contributed by atoms with Crippen LogP contribution in [0, 0.1) is 11.2 Å². The fourth-order valence-electron chi connectivity index (χ4n) is 2.97. The average molecular weight is 375 g/mol. The summed E-state index contributed by atoms with van der Waals surface area (Å²) in [6.07, 6.45) is 1.19. The summed E-state index contributed by atoms with van der Waals surface area (Å²) < 4.78 is 23.9. The monoisotopic (exact) mass is 374 g/mol. The van der Waals surface area contributed by atoms with E-state index in [1.165, 1.54) is 12.1 Å². The summed E-state index contributed by atoms with van der Waals surface area (Å²) in [7, 11) is 0. The molecular weight excluding hydrogens is 347 g/mol. The van der Waals surface area contributed by atoms with Crippen LogP contribution in [-0.4, -0.2) is 37.3 Å². The lowest BCUT2D eigenvalue weighted by Gasteiger charge is -2.57. The Kier molecular flexibility index (Phi) is 7.65. The maximum absolute atomic E-state index is 12.8. The van der Waals surface area contributed by atoms with Gasteiger partial charge in [0, 0.05) is 25.0 Å². The summed E-state index contributed by atoms with van der Waals surface area (Å²) in [6.45, 7) is 7.41. The third kappa shape index (κ3) is 4.63. The maximum Gasteiger partial charge on any atom is 0.240 e. The Labute approximate surface area is 154 Å². The Bertz CT molecular complexity index is 568. The van der Waals surface area contributed by atoms with Gasteiger partial charge in [0.25, 0.3) is 0 Å². The molecule has 0 saturated heterocycles. The molecule has 0 bridgehead atoms. The SMILES string of the molecule is CCOC1CC(N)(C(=O)NCCCOc2ccc(F)cc2)C1(C)C.Cl. The fourth-order valence-corrected chi connectivity index (χ4v) is 2.97. The normalized spacial score (nSPS) is 24.0. The molecule has 3 N–H and O–H groups in total. The van der Waals surface area contributed by atoms with Crippen molar-refractivity contribution in [3.63, 3.8) is 0 Å². The highest BCUT2D eigenvalue weighted by Crippen LogP contribution is 2.49. The Morgan fingerprint density at radius 1 is 1.36 bits per heavy atom. The summed E-state index contributed by atoms with van der Waals surface area (Å²) in [5.74, 6) is 0.166. The minimum absolute atomic E-state index is 0. The molecule has 7 heteroatoms. The van der Waals surface area contributed by atoms with Gasteiger partial charge in [-0.2, -0.15) is 0 Å². The van der Waals surface area contributed by atoms with E-state index in [-0.39, 0.29) is 30.2 Å². The summed E-state index contributed by atoms with van der Waals surface area (Å²) >= 11 is 0. The van der Waals surface area contributed by atoms with Gasteiger partial charge in [0.1, 0.15) is 17.1 Å². The molecule has 2 unspecified atom stereocenters. The molecule has 0 radical (unpaired) electrons. The number of ether oxygens (including phenoxy) is 2. The van der Waals surface area contributed by atoms with E-state index >= 15 is 0 Å². The quantitative estimate of drug-likeness (QED) is 0.686. The number of nitrogens with one attached hydrogen (secondary N) is 1. The van der Waals surface area contributed by atoms with E-state index < -0.39 is 11.0 Å². The Hall–Kier alpha value is -1.37. The van der Waals surface area contributed by atoms with Crippen molar-refractivity contribution in [2.45, 2.75) is 45.3 Å². The number of carbonyl (C=O) groups excluding carboxylic acids is 1. The van der Waals surface area contributed by atoms with Crippen molar-refractivity contribution < 1.29 is 18.7 Å². The third-order valence-corrected chi connectivity index (χ3v) is 4.92. The lowest BCUT2D eigenvalue weighted by Crippen LogP contribution is -2.75. The summed E-state index contributed by atoms with van der Waals surface area (Å²) in [4.78, 5) is 12.4. The van der Waals surface area contributed by atoms with Crippen LogP contribution in [0.3, 0.4) is 0 Å². The van der Waals surface area contributed by atoms with E-state index in [0.717, 1.165) is 0 Å². The molecule has 0 spiro atoms. The fraction of sp³-hybridized carbons (Fsp3) is 0.611. The van der Waals surface area contributed by atoms with Crippen LogP contribution in [0.1, 0.15) is 33.6 Å². The molecule has 5 nitrogen and oxygen atoms in total. The second-order valence-electron chi connectivity index (χ2n) is 6.75. The molecule has 1 saturated carbocycles. The number of carbonyl (C=O) groups is 1. The molecule has 2 atom stereocenters. The molecule has 1 aliphatic rings. The van der Waals surface area contributed by atoms with Crippen LogP contribution < -0.4 is 15.8 Å². The second-order valence-corrected chi connectivity index (χ2v) is 6.75. The molecule has 0 aliphatic heterocycles. The van der Waals surface area contributed by atoms with E-state index in [9.17, 15) is 9.18 Å². The van der Waals surface area contributed by atoms with Gasteiger partial charge in [-0.15, -0.1) is 12.4 Å².